The molecule has 1 unspecified atom stereocenters. The van der Waals surface area contributed by atoms with E-state index in [1.807, 2.05) is 6.92 Å². The predicted octanol–water partition coefficient (Wildman–Crippen LogP) is 1.31. The van der Waals surface area contributed by atoms with Crippen molar-refractivity contribution in [3.8, 4) is 0 Å². The first-order valence-electron chi connectivity index (χ1n) is 6.71. The van der Waals surface area contributed by atoms with E-state index in [9.17, 15) is 4.79 Å². The number of methoxy groups -OCH3 is 1. The highest BCUT2D eigenvalue weighted by Gasteiger charge is 2.15. The Kier molecular flexibility index (Phi) is 7.21. The van der Waals surface area contributed by atoms with Crippen LogP contribution >= 0.6 is 0 Å². The van der Waals surface area contributed by atoms with E-state index in [1.54, 1.807) is 7.11 Å². The second-order valence-electron chi connectivity index (χ2n) is 4.98. The lowest BCUT2D eigenvalue weighted by Crippen LogP contribution is -2.34. The predicted molar refractivity (Wildman–Crippen MR) is 68.9 cm³/mol. The number of hydrogen-bond acceptors (Lipinski definition) is 3. The average Bonchev–Trinajstić information content (AvgIpc) is 2.35. The summed E-state index contributed by atoms with van der Waals surface area (Å²) in [5.41, 5.74) is 0. The minimum atomic E-state index is 0.187. The Balaban J connectivity index is 2.07. The quantitative estimate of drug-likeness (QED) is 0.707. The second kappa shape index (κ2) is 8.48. The van der Waals surface area contributed by atoms with Crippen molar-refractivity contribution in [2.45, 2.75) is 45.1 Å². The van der Waals surface area contributed by atoms with E-state index < -0.39 is 0 Å². The van der Waals surface area contributed by atoms with Gasteiger partial charge in [0.1, 0.15) is 0 Å². The molecule has 17 heavy (non-hydrogen) atoms. The van der Waals surface area contributed by atoms with Gasteiger partial charge in [0.2, 0.25) is 5.91 Å². The summed E-state index contributed by atoms with van der Waals surface area (Å²) in [4.78, 5) is 11.7. The number of hydrogen-bond donors (Lipinski definition) is 2. The number of nitrogens with one attached hydrogen (secondary N) is 2. The molecule has 0 spiro atoms. The van der Waals surface area contributed by atoms with E-state index in [0.717, 1.165) is 31.8 Å². The fourth-order valence-electron chi connectivity index (χ4n) is 2.22. The Labute approximate surface area is 104 Å². The lowest BCUT2D eigenvalue weighted by atomic mass is 9.93. The molecule has 1 aliphatic heterocycles. The van der Waals surface area contributed by atoms with Crippen molar-refractivity contribution < 1.29 is 9.53 Å². The number of amides is 1. The van der Waals surface area contributed by atoms with E-state index in [2.05, 4.69) is 10.6 Å². The Morgan fingerprint density at radius 2 is 2.18 bits per heavy atom. The molecule has 0 aromatic rings. The second-order valence-corrected chi connectivity index (χ2v) is 4.98. The molecule has 0 radical (unpaired) electrons. The van der Waals surface area contributed by atoms with Gasteiger partial charge in [-0.25, -0.2) is 0 Å². The van der Waals surface area contributed by atoms with Crippen molar-refractivity contribution in [3.63, 3.8) is 0 Å². The van der Waals surface area contributed by atoms with Gasteiger partial charge in [0.25, 0.3) is 0 Å². The van der Waals surface area contributed by atoms with Gasteiger partial charge >= 0.3 is 0 Å². The van der Waals surface area contributed by atoms with Crippen LogP contribution in [0, 0.1) is 5.92 Å². The number of ether oxygens (including phenoxy) is 1. The lowest BCUT2D eigenvalue weighted by molar-refractivity contribution is -0.122. The molecule has 1 amide bonds. The van der Waals surface area contributed by atoms with Crippen LogP contribution in [0.4, 0.5) is 0 Å². The Morgan fingerprint density at radius 3 is 2.82 bits per heavy atom. The number of piperidine rings is 1. The van der Waals surface area contributed by atoms with Crippen LogP contribution in [0.3, 0.4) is 0 Å². The first-order valence-corrected chi connectivity index (χ1v) is 6.71. The molecule has 2 N–H and O–H groups in total. The SMILES string of the molecule is COCCC(C)NC(=O)CCC1CCNCC1. The van der Waals surface area contributed by atoms with Gasteiger partial charge < -0.3 is 15.4 Å². The third kappa shape index (κ3) is 6.64. The molecular weight excluding hydrogens is 216 g/mol. The number of carbonyl (C=O) groups excluding carboxylic acids is 1. The summed E-state index contributed by atoms with van der Waals surface area (Å²) in [7, 11) is 1.69. The zero-order chi connectivity index (χ0) is 12.5. The molecule has 0 saturated carbocycles. The molecule has 1 atom stereocenters. The normalized spacial score (nSPS) is 18.9. The van der Waals surface area contributed by atoms with Crippen molar-refractivity contribution in [2.75, 3.05) is 26.8 Å². The summed E-state index contributed by atoms with van der Waals surface area (Å²) in [5.74, 6) is 0.920. The van der Waals surface area contributed by atoms with Crippen molar-refractivity contribution in [1.29, 1.82) is 0 Å². The highest BCUT2D eigenvalue weighted by Crippen LogP contribution is 2.17. The molecular formula is C13H26N2O2. The molecule has 100 valence electrons. The third-order valence-corrected chi connectivity index (χ3v) is 3.40. The molecule has 1 rings (SSSR count). The maximum absolute atomic E-state index is 11.7. The standard InChI is InChI=1S/C13H26N2O2/c1-11(7-10-17-2)15-13(16)4-3-12-5-8-14-9-6-12/h11-12,14H,3-10H2,1-2H3,(H,15,16). The van der Waals surface area contributed by atoms with Crippen LogP contribution in [0.1, 0.15) is 39.0 Å². The average molecular weight is 242 g/mol. The number of rotatable bonds is 7. The van der Waals surface area contributed by atoms with Gasteiger partial charge in [0.15, 0.2) is 0 Å². The molecule has 0 aromatic heterocycles. The van der Waals surface area contributed by atoms with Crippen LogP contribution in [0.15, 0.2) is 0 Å². The molecule has 1 heterocycles. The molecule has 1 aliphatic rings. The Morgan fingerprint density at radius 1 is 1.47 bits per heavy atom. The highest BCUT2D eigenvalue weighted by atomic mass is 16.5. The summed E-state index contributed by atoms with van der Waals surface area (Å²) >= 11 is 0. The zero-order valence-corrected chi connectivity index (χ0v) is 11.1. The topological polar surface area (TPSA) is 50.4 Å². The minimum Gasteiger partial charge on any atom is -0.385 e. The molecule has 0 bridgehead atoms. The van der Waals surface area contributed by atoms with E-state index in [-0.39, 0.29) is 11.9 Å². The molecule has 1 fully saturated rings. The molecule has 4 nitrogen and oxygen atoms in total. The van der Waals surface area contributed by atoms with Crippen molar-refractivity contribution >= 4 is 5.91 Å². The summed E-state index contributed by atoms with van der Waals surface area (Å²) in [6.07, 6.45) is 5.01. The largest absolute Gasteiger partial charge is 0.385 e. The fourth-order valence-corrected chi connectivity index (χ4v) is 2.22. The first kappa shape index (κ1) is 14.5. The van der Waals surface area contributed by atoms with Gasteiger partial charge in [-0.05, 0) is 51.6 Å². The van der Waals surface area contributed by atoms with Gasteiger partial charge in [-0.15, -0.1) is 0 Å². The number of carbonyl (C=O) groups is 1. The molecule has 0 aromatic carbocycles. The lowest BCUT2D eigenvalue weighted by Gasteiger charge is -2.22. The van der Waals surface area contributed by atoms with Gasteiger partial charge in [0.05, 0.1) is 0 Å². The summed E-state index contributed by atoms with van der Waals surface area (Å²) < 4.78 is 4.99. The summed E-state index contributed by atoms with van der Waals surface area (Å²) in [6.45, 7) is 4.95. The Bertz CT molecular complexity index is 215. The van der Waals surface area contributed by atoms with Gasteiger partial charge in [-0.2, -0.15) is 0 Å². The van der Waals surface area contributed by atoms with E-state index in [4.69, 9.17) is 4.74 Å². The Hall–Kier alpha value is -0.610. The zero-order valence-electron chi connectivity index (χ0n) is 11.1. The van der Waals surface area contributed by atoms with E-state index in [0.29, 0.717) is 13.0 Å². The van der Waals surface area contributed by atoms with Crippen LogP contribution in [0.2, 0.25) is 0 Å². The van der Waals surface area contributed by atoms with Crippen LogP contribution in [0.5, 0.6) is 0 Å². The fraction of sp³-hybridized carbons (Fsp3) is 0.923. The molecule has 4 heteroatoms. The molecule has 1 saturated heterocycles. The maximum atomic E-state index is 11.7. The maximum Gasteiger partial charge on any atom is 0.220 e. The summed E-state index contributed by atoms with van der Waals surface area (Å²) in [6, 6.07) is 0.218. The van der Waals surface area contributed by atoms with E-state index >= 15 is 0 Å². The van der Waals surface area contributed by atoms with Crippen LogP contribution in [-0.4, -0.2) is 38.8 Å². The smallest absolute Gasteiger partial charge is 0.220 e. The first-order chi connectivity index (χ1) is 8.22. The van der Waals surface area contributed by atoms with Gasteiger partial charge in [-0.3, -0.25) is 4.79 Å². The van der Waals surface area contributed by atoms with Gasteiger partial charge in [0, 0.05) is 26.2 Å². The summed E-state index contributed by atoms with van der Waals surface area (Å²) in [5, 5.41) is 6.36. The third-order valence-electron chi connectivity index (χ3n) is 3.40. The van der Waals surface area contributed by atoms with E-state index in [1.165, 1.54) is 12.8 Å². The molecule has 0 aliphatic carbocycles. The van der Waals surface area contributed by atoms with Crippen LogP contribution < -0.4 is 10.6 Å². The van der Waals surface area contributed by atoms with Crippen LogP contribution in [0.25, 0.3) is 0 Å². The van der Waals surface area contributed by atoms with Crippen molar-refractivity contribution in [2.24, 2.45) is 5.92 Å². The van der Waals surface area contributed by atoms with Crippen molar-refractivity contribution in [3.05, 3.63) is 0 Å². The monoisotopic (exact) mass is 242 g/mol. The van der Waals surface area contributed by atoms with Gasteiger partial charge in [-0.1, -0.05) is 0 Å². The highest BCUT2D eigenvalue weighted by molar-refractivity contribution is 5.76. The van der Waals surface area contributed by atoms with Crippen molar-refractivity contribution in [1.82, 2.24) is 10.6 Å². The van der Waals surface area contributed by atoms with Crippen LogP contribution in [-0.2, 0) is 9.53 Å². The minimum absolute atomic E-state index is 0.187.